The van der Waals surface area contributed by atoms with Crippen molar-refractivity contribution in [2.75, 3.05) is 13.7 Å². The molecule has 284 valence electrons. The number of hydrogen-bond donors (Lipinski definition) is 3. The van der Waals surface area contributed by atoms with Crippen LogP contribution in [-0.4, -0.2) is 97.0 Å². The van der Waals surface area contributed by atoms with Crippen molar-refractivity contribution in [1.29, 1.82) is 0 Å². The molecule has 5 rings (SSSR count). The molecular weight excluding hydrogens is 670 g/mol. The van der Waals surface area contributed by atoms with Crippen molar-refractivity contribution >= 4 is 41.4 Å². The number of primary amides is 1. The van der Waals surface area contributed by atoms with E-state index < -0.39 is 66.0 Å². The predicted molar refractivity (Wildman–Crippen MR) is 175 cm³/mol. The molecule has 0 bridgehead atoms. The number of carbonyl (C=O) groups excluding carboxylic acids is 6. The maximum Gasteiger partial charge on any atom is 0.339 e. The van der Waals surface area contributed by atoms with Crippen molar-refractivity contribution < 1.29 is 62.3 Å². The molecule has 0 unspecified atom stereocenters. The summed E-state index contributed by atoms with van der Waals surface area (Å²) >= 11 is 0. The van der Waals surface area contributed by atoms with E-state index in [0.29, 0.717) is 30.9 Å². The summed E-state index contributed by atoms with van der Waals surface area (Å²) in [6.45, 7) is 7.24. The second-order valence-electron chi connectivity index (χ2n) is 15.3. The summed E-state index contributed by atoms with van der Waals surface area (Å²) in [7, 11) is 1.09. The number of nitrogens with zero attached hydrogens (tertiary/aromatic N) is 1. The first kappa shape index (κ1) is 38.6. The number of amides is 2. The van der Waals surface area contributed by atoms with Gasteiger partial charge in [-0.1, -0.05) is 13.8 Å². The van der Waals surface area contributed by atoms with Gasteiger partial charge in [0, 0.05) is 39.0 Å². The number of ether oxygens (including phenoxy) is 6. The summed E-state index contributed by atoms with van der Waals surface area (Å²) in [6, 6.07) is -0.922. The van der Waals surface area contributed by atoms with Gasteiger partial charge < -0.3 is 39.3 Å². The van der Waals surface area contributed by atoms with Crippen molar-refractivity contribution in [2.24, 2.45) is 51.3 Å². The zero-order valence-corrected chi connectivity index (χ0v) is 30.1. The van der Waals surface area contributed by atoms with E-state index in [0.717, 1.165) is 60.0 Å². The molecule has 0 radical (unpaired) electrons. The number of carbonyl (C=O) groups is 6. The van der Waals surface area contributed by atoms with Crippen LogP contribution in [0, 0.1) is 40.4 Å². The number of methoxy groups -OCH3 is 1. The van der Waals surface area contributed by atoms with E-state index in [1.54, 1.807) is 0 Å². The van der Waals surface area contributed by atoms with Crippen LogP contribution in [0.1, 0.15) is 86.0 Å². The normalized spacial score (nSPS) is 40.5. The molecule has 1 aliphatic heterocycles. The maximum absolute atomic E-state index is 14.2. The summed E-state index contributed by atoms with van der Waals surface area (Å²) in [6.07, 6.45) is -2.38. The highest BCUT2D eigenvalue weighted by atomic mass is 16.7. The lowest BCUT2D eigenvalue weighted by Crippen LogP contribution is -2.64. The van der Waals surface area contributed by atoms with Crippen LogP contribution in [0.2, 0.25) is 0 Å². The quantitative estimate of drug-likeness (QED) is 0.134. The van der Waals surface area contributed by atoms with Gasteiger partial charge in [-0.05, 0) is 73.5 Å². The molecule has 0 aromatic rings. The number of rotatable bonds is 9. The van der Waals surface area contributed by atoms with E-state index in [4.69, 9.17) is 34.2 Å². The molecule has 16 heteroatoms. The number of aliphatic hydroxyl groups is 1. The second-order valence-corrected chi connectivity index (χ2v) is 15.3. The summed E-state index contributed by atoms with van der Waals surface area (Å²) in [5.41, 5.74) is 7.33. The largest absolute Gasteiger partial charge is 0.467 e. The van der Waals surface area contributed by atoms with Crippen molar-refractivity contribution in [1.82, 2.24) is 5.43 Å². The van der Waals surface area contributed by atoms with E-state index in [-0.39, 0.29) is 47.6 Å². The number of hydrogen-bond acceptors (Lipinski definition) is 14. The Morgan fingerprint density at radius 1 is 0.922 bits per heavy atom. The first-order chi connectivity index (χ1) is 24.0. The summed E-state index contributed by atoms with van der Waals surface area (Å²) in [4.78, 5) is 75.6. The molecule has 4 N–H and O–H groups in total. The van der Waals surface area contributed by atoms with Crippen LogP contribution in [-0.2, 0) is 52.4 Å². The molecule has 51 heavy (non-hydrogen) atoms. The number of esters is 4. The van der Waals surface area contributed by atoms with Crippen LogP contribution in [0.15, 0.2) is 5.10 Å². The first-order valence-electron chi connectivity index (χ1n) is 17.7. The van der Waals surface area contributed by atoms with Crippen molar-refractivity contribution in [2.45, 2.75) is 123 Å². The van der Waals surface area contributed by atoms with Crippen LogP contribution in [0.3, 0.4) is 0 Å². The molecule has 2 amide bonds. The third-order valence-electron chi connectivity index (χ3n) is 12.3. The highest BCUT2D eigenvalue weighted by molar-refractivity contribution is 5.92. The van der Waals surface area contributed by atoms with Gasteiger partial charge in [0.05, 0.1) is 25.5 Å². The molecule has 13 atom stereocenters. The van der Waals surface area contributed by atoms with E-state index in [2.05, 4.69) is 24.4 Å². The minimum atomic E-state index is -1.65. The number of nitrogens with one attached hydrogen (secondary N) is 1. The Labute approximate surface area is 296 Å². The molecular formula is C35H51N3O13. The van der Waals surface area contributed by atoms with E-state index in [9.17, 15) is 33.9 Å². The Balaban J connectivity index is 1.44. The van der Waals surface area contributed by atoms with Crippen LogP contribution in [0.5, 0.6) is 0 Å². The summed E-state index contributed by atoms with van der Waals surface area (Å²) in [5, 5.41) is 14.8. The molecule has 0 aromatic carbocycles. The van der Waals surface area contributed by atoms with Gasteiger partial charge in [-0.15, -0.1) is 0 Å². The predicted octanol–water partition coefficient (Wildman–Crippen LogP) is 1.92. The highest BCUT2D eigenvalue weighted by Gasteiger charge is 2.64. The van der Waals surface area contributed by atoms with Gasteiger partial charge in [-0.2, -0.15) is 5.10 Å². The minimum absolute atomic E-state index is 0.0975. The lowest BCUT2D eigenvalue weighted by molar-refractivity contribution is -0.298. The third kappa shape index (κ3) is 7.63. The molecule has 4 aliphatic carbocycles. The fourth-order valence-corrected chi connectivity index (χ4v) is 10.3. The summed E-state index contributed by atoms with van der Waals surface area (Å²) in [5.74, 6) is -3.07. The van der Waals surface area contributed by atoms with Crippen molar-refractivity contribution in [3.63, 3.8) is 0 Å². The highest BCUT2D eigenvalue weighted by Crippen LogP contribution is 2.66. The molecule has 1 saturated heterocycles. The monoisotopic (exact) mass is 721 g/mol. The lowest BCUT2D eigenvalue weighted by Gasteiger charge is -2.59. The van der Waals surface area contributed by atoms with Gasteiger partial charge in [-0.3, -0.25) is 19.2 Å². The zero-order chi connectivity index (χ0) is 37.4. The smallest absolute Gasteiger partial charge is 0.339 e. The second kappa shape index (κ2) is 15.2. The molecule has 0 aromatic heterocycles. The molecule has 5 aliphatic rings. The Bertz CT molecular complexity index is 1440. The fourth-order valence-electron chi connectivity index (χ4n) is 10.3. The van der Waals surface area contributed by atoms with Crippen LogP contribution in [0.25, 0.3) is 0 Å². The third-order valence-corrected chi connectivity index (χ3v) is 12.3. The number of urea groups is 1. The average Bonchev–Trinajstić information content (AvgIpc) is 3.38. The lowest BCUT2D eigenvalue weighted by atomic mass is 9.44. The summed E-state index contributed by atoms with van der Waals surface area (Å²) < 4.78 is 33.2. The number of aliphatic hydroxyl groups excluding tert-OH is 1. The molecule has 5 fully saturated rings. The van der Waals surface area contributed by atoms with Gasteiger partial charge >= 0.3 is 29.9 Å². The Morgan fingerprint density at radius 2 is 1.57 bits per heavy atom. The van der Waals surface area contributed by atoms with Crippen LogP contribution >= 0.6 is 0 Å². The molecule has 1 heterocycles. The van der Waals surface area contributed by atoms with Gasteiger partial charge in [0.2, 0.25) is 0 Å². The topological polar surface area (TPSA) is 228 Å². The average molecular weight is 722 g/mol. The number of nitrogens with two attached hydrogens (primary N) is 1. The molecule has 16 nitrogen and oxygen atoms in total. The Kier molecular flexibility index (Phi) is 11.5. The molecule has 4 saturated carbocycles. The Morgan fingerprint density at radius 3 is 2.20 bits per heavy atom. The van der Waals surface area contributed by atoms with E-state index in [1.165, 1.54) is 0 Å². The first-order valence-corrected chi connectivity index (χ1v) is 17.7. The number of hydrazone groups is 1. The number of ketones is 1. The maximum atomic E-state index is 14.2. The van der Waals surface area contributed by atoms with E-state index >= 15 is 0 Å². The van der Waals surface area contributed by atoms with E-state index in [1.807, 2.05) is 0 Å². The Hall–Kier alpha value is -3.63. The van der Waals surface area contributed by atoms with Crippen molar-refractivity contribution in [3.05, 3.63) is 0 Å². The van der Waals surface area contributed by atoms with Gasteiger partial charge in [-0.25, -0.2) is 15.0 Å². The van der Waals surface area contributed by atoms with Crippen LogP contribution < -0.4 is 11.2 Å². The number of Topliss-reactive ketones (excluding diaryl/α,β-unsaturated/α-hetero) is 1. The van der Waals surface area contributed by atoms with Gasteiger partial charge in [0.25, 0.3) is 0 Å². The molecule has 0 spiro atoms. The van der Waals surface area contributed by atoms with Crippen molar-refractivity contribution in [3.8, 4) is 0 Å². The van der Waals surface area contributed by atoms with Crippen LogP contribution in [0.4, 0.5) is 4.79 Å². The van der Waals surface area contributed by atoms with Gasteiger partial charge in [0.1, 0.15) is 5.78 Å². The zero-order valence-electron chi connectivity index (χ0n) is 30.1. The fraction of sp³-hybridized carbons (Fsp3) is 0.800. The minimum Gasteiger partial charge on any atom is -0.467 e. The number of fused-ring (bicyclic) bond motifs is 5. The SMILES string of the molecule is COC(=O)[C@@H]1O[C@H](OC/C(=N\NC(N)=O)[C@@H]2CC[C@@H]3[C@@H]4CC[C@@H]5C[C@H](O)CC[C@]5(C)[C@@H]4C(=O)C[C@@]32C)[C@@H](OC(C)=O)[C@H](OC(C)=O)[C@H]1OC(C)=O. The van der Waals surface area contributed by atoms with Gasteiger partial charge in [0.15, 0.2) is 30.7 Å². The standard InChI is InChI=1S/C35H51N3O13/c1-16(39)48-27-28(49-17(2)40)30(50-18(3)41)32(51-29(27)31(44)46-6)47-15-24(37-38-33(36)45)23-10-9-22-21-8-7-19-13-20(42)11-12-34(19,4)26(21)25(43)14-35(22,23)5/h19-23,26-30,32,42H,7-15H2,1-6H3,(H3,36,38,45)/b37-24+/t19-,20-,21+,22-,23+,26+,27-,28-,29-,30+,32+,34+,35+/m1/s1.